The van der Waals surface area contributed by atoms with E-state index in [-0.39, 0.29) is 13.0 Å². The van der Waals surface area contributed by atoms with E-state index in [1.807, 2.05) is 0 Å². The lowest BCUT2D eigenvalue weighted by atomic mass is 10.1. The second kappa shape index (κ2) is 18.9. The van der Waals surface area contributed by atoms with Gasteiger partial charge in [0.05, 0.1) is 13.2 Å². The van der Waals surface area contributed by atoms with Crippen molar-refractivity contribution in [2.45, 2.75) is 96.6 Å². The van der Waals surface area contributed by atoms with Crippen molar-refractivity contribution in [3.8, 4) is 0 Å². The summed E-state index contributed by atoms with van der Waals surface area (Å²) in [5.41, 5.74) is 5.20. The van der Waals surface area contributed by atoms with Gasteiger partial charge in [0.2, 0.25) is 0 Å². The van der Waals surface area contributed by atoms with Crippen LogP contribution in [0.15, 0.2) is 0 Å². The molecule has 0 aliphatic heterocycles. The molecule has 0 saturated carbocycles. The van der Waals surface area contributed by atoms with E-state index in [0.29, 0.717) is 6.42 Å². The molecule has 0 amide bonds. The first-order chi connectivity index (χ1) is 15.6. The summed E-state index contributed by atoms with van der Waals surface area (Å²) in [6, 6.07) is -1.51. The predicted octanol–water partition coefficient (Wildman–Crippen LogP) is 3.32. The van der Waals surface area contributed by atoms with Gasteiger partial charge in [0.1, 0.15) is 12.6 Å². The smallest absolute Gasteiger partial charge is 0.472 e. The lowest BCUT2D eigenvalue weighted by Gasteiger charge is -2.20. The van der Waals surface area contributed by atoms with Crippen LogP contribution >= 0.6 is 7.82 Å². The standard InChI is InChI=1S/C21H40NO10P/c1-3-4-5-6-7-8-9-10-11-12-13-20(24)32-18(14-29-17(2)23)15-30-33(27,28)31-16-19(22)21(25)26/h18-19H,3-16,22H2,1-2H3,(H,25,26)(H,27,28). The van der Waals surface area contributed by atoms with Gasteiger partial charge in [0, 0.05) is 13.3 Å². The fourth-order valence-electron chi connectivity index (χ4n) is 2.79. The molecule has 0 saturated heterocycles. The molecule has 0 aliphatic rings. The summed E-state index contributed by atoms with van der Waals surface area (Å²) in [6.45, 7) is 1.64. The van der Waals surface area contributed by atoms with E-state index in [1.165, 1.54) is 38.5 Å². The van der Waals surface area contributed by atoms with Crippen molar-refractivity contribution >= 4 is 25.7 Å². The summed E-state index contributed by atoms with van der Waals surface area (Å²) in [7, 11) is -4.65. The zero-order valence-corrected chi connectivity index (χ0v) is 20.6. The highest BCUT2D eigenvalue weighted by Crippen LogP contribution is 2.43. The van der Waals surface area contributed by atoms with E-state index >= 15 is 0 Å². The first-order valence-electron chi connectivity index (χ1n) is 11.5. The Morgan fingerprint density at radius 3 is 1.91 bits per heavy atom. The number of carbonyl (C=O) groups excluding carboxylic acids is 2. The Hall–Kier alpha value is -1.52. The van der Waals surface area contributed by atoms with Gasteiger partial charge in [-0.2, -0.15) is 0 Å². The molecule has 4 N–H and O–H groups in total. The lowest BCUT2D eigenvalue weighted by Crippen LogP contribution is -2.34. The Morgan fingerprint density at radius 1 is 0.879 bits per heavy atom. The largest absolute Gasteiger partial charge is 0.480 e. The number of carboxylic acid groups (broad SMARTS) is 1. The van der Waals surface area contributed by atoms with Crippen molar-refractivity contribution in [2.75, 3.05) is 19.8 Å². The summed E-state index contributed by atoms with van der Waals surface area (Å²) in [4.78, 5) is 43.4. The summed E-state index contributed by atoms with van der Waals surface area (Å²) < 4.78 is 31.1. The first-order valence-corrected chi connectivity index (χ1v) is 13.0. The number of hydrogen-bond donors (Lipinski definition) is 3. The molecule has 0 aromatic rings. The molecule has 0 aromatic carbocycles. The second-order valence-electron chi connectivity index (χ2n) is 7.85. The molecule has 0 aliphatic carbocycles. The predicted molar refractivity (Wildman–Crippen MR) is 120 cm³/mol. The molecule has 0 rings (SSSR count). The molecule has 0 heterocycles. The number of phosphoric ester groups is 1. The van der Waals surface area contributed by atoms with Crippen molar-refractivity contribution in [2.24, 2.45) is 5.73 Å². The minimum absolute atomic E-state index is 0.161. The molecule has 0 spiro atoms. The lowest BCUT2D eigenvalue weighted by molar-refractivity contribution is -0.160. The normalized spacial score (nSPS) is 14.8. The van der Waals surface area contributed by atoms with Crippen LogP contribution in [0.3, 0.4) is 0 Å². The van der Waals surface area contributed by atoms with E-state index in [0.717, 1.165) is 26.2 Å². The van der Waals surface area contributed by atoms with Crippen LogP contribution in [0.1, 0.15) is 84.5 Å². The van der Waals surface area contributed by atoms with E-state index in [4.69, 9.17) is 24.8 Å². The van der Waals surface area contributed by atoms with Gasteiger partial charge < -0.3 is 25.2 Å². The average Bonchev–Trinajstić information content (AvgIpc) is 2.75. The topological polar surface area (TPSA) is 172 Å². The monoisotopic (exact) mass is 497 g/mol. The highest BCUT2D eigenvalue weighted by atomic mass is 31.2. The Balaban J connectivity index is 4.25. The molecule has 0 fully saturated rings. The van der Waals surface area contributed by atoms with Gasteiger partial charge in [-0.15, -0.1) is 0 Å². The van der Waals surface area contributed by atoms with Crippen LogP contribution in [0.4, 0.5) is 0 Å². The highest BCUT2D eigenvalue weighted by Gasteiger charge is 2.27. The average molecular weight is 498 g/mol. The number of unbranched alkanes of at least 4 members (excludes halogenated alkanes) is 9. The maximum atomic E-state index is 12.1. The molecule has 11 nitrogen and oxygen atoms in total. The van der Waals surface area contributed by atoms with Crippen LogP contribution in [0.5, 0.6) is 0 Å². The number of ether oxygens (including phenoxy) is 2. The van der Waals surface area contributed by atoms with Crippen LogP contribution in [0, 0.1) is 0 Å². The van der Waals surface area contributed by atoms with Crippen molar-refractivity contribution in [3.05, 3.63) is 0 Å². The Morgan fingerprint density at radius 2 is 1.39 bits per heavy atom. The Kier molecular flexibility index (Phi) is 18.0. The molecule has 3 atom stereocenters. The fraction of sp³-hybridized carbons (Fsp3) is 0.857. The number of carbonyl (C=O) groups is 3. The molecule has 33 heavy (non-hydrogen) atoms. The van der Waals surface area contributed by atoms with Crippen LogP contribution in [-0.4, -0.2) is 59.9 Å². The molecule has 0 aromatic heterocycles. The van der Waals surface area contributed by atoms with Gasteiger partial charge in [-0.05, 0) is 6.42 Å². The van der Waals surface area contributed by atoms with Crippen LogP contribution < -0.4 is 5.73 Å². The van der Waals surface area contributed by atoms with Crippen LogP contribution in [0.25, 0.3) is 0 Å². The zero-order valence-electron chi connectivity index (χ0n) is 19.7. The third-order valence-corrected chi connectivity index (χ3v) is 5.61. The van der Waals surface area contributed by atoms with Crippen LogP contribution in [-0.2, 0) is 37.5 Å². The third kappa shape index (κ3) is 19.6. The highest BCUT2D eigenvalue weighted by molar-refractivity contribution is 7.47. The molecule has 0 radical (unpaired) electrons. The number of hydrogen-bond acceptors (Lipinski definition) is 9. The number of rotatable bonds is 21. The maximum absolute atomic E-state index is 12.1. The molecule has 3 unspecified atom stereocenters. The van der Waals surface area contributed by atoms with E-state index in [9.17, 15) is 23.8 Å². The fourth-order valence-corrected chi connectivity index (χ4v) is 3.57. The van der Waals surface area contributed by atoms with Gasteiger partial charge in [0.25, 0.3) is 0 Å². The van der Waals surface area contributed by atoms with E-state index in [1.54, 1.807) is 0 Å². The van der Waals surface area contributed by atoms with Crippen molar-refractivity contribution < 1.29 is 47.5 Å². The summed E-state index contributed by atoms with van der Waals surface area (Å²) >= 11 is 0. The van der Waals surface area contributed by atoms with Crippen molar-refractivity contribution in [3.63, 3.8) is 0 Å². The van der Waals surface area contributed by atoms with E-state index < -0.39 is 51.1 Å². The molecular weight excluding hydrogens is 457 g/mol. The molecule has 0 bridgehead atoms. The summed E-state index contributed by atoms with van der Waals surface area (Å²) in [5.74, 6) is -2.58. The van der Waals surface area contributed by atoms with Gasteiger partial charge in [-0.1, -0.05) is 64.7 Å². The number of aliphatic carboxylic acids is 1. The summed E-state index contributed by atoms with van der Waals surface area (Å²) in [6.07, 6.45) is 10.2. The van der Waals surface area contributed by atoms with Crippen molar-refractivity contribution in [1.29, 1.82) is 0 Å². The quantitative estimate of drug-likeness (QED) is 0.121. The third-order valence-electron chi connectivity index (χ3n) is 4.66. The second-order valence-corrected chi connectivity index (χ2v) is 9.30. The Bertz CT molecular complexity index is 616. The molecule has 12 heteroatoms. The maximum Gasteiger partial charge on any atom is 0.472 e. The Labute approximate surface area is 195 Å². The van der Waals surface area contributed by atoms with Gasteiger partial charge in [0.15, 0.2) is 6.10 Å². The molecular formula is C21H40NO10P. The number of phosphoric acid groups is 1. The number of carboxylic acids is 1. The van der Waals surface area contributed by atoms with Gasteiger partial charge in [-0.25, -0.2) is 4.57 Å². The summed E-state index contributed by atoms with van der Waals surface area (Å²) in [5, 5.41) is 8.67. The van der Waals surface area contributed by atoms with E-state index in [2.05, 4.69) is 11.4 Å². The number of nitrogens with two attached hydrogens (primary N) is 1. The molecule has 194 valence electrons. The minimum atomic E-state index is -4.65. The SMILES string of the molecule is CCCCCCCCCCCCC(=O)OC(COC(C)=O)COP(=O)(O)OCC(N)C(=O)O. The van der Waals surface area contributed by atoms with Gasteiger partial charge >= 0.3 is 25.7 Å². The first kappa shape index (κ1) is 31.5. The zero-order chi connectivity index (χ0) is 25.1. The minimum Gasteiger partial charge on any atom is -0.480 e. The number of esters is 2. The van der Waals surface area contributed by atoms with Gasteiger partial charge in [-0.3, -0.25) is 23.4 Å². The van der Waals surface area contributed by atoms with Crippen LogP contribution in [0.2, 0.25) is 0 Å². The van der Waals surface area contributed by atoms with Crippen molar-refractivity contribution in [1.82, 2.24) is 0 Å².